The molecule has 4 amide bonds. The Labute approximate surface area is 231 Å². The molecule has 0 heterocycles. The predicted molar refractivity (Wildman–Crippen MR) is 142 cm³/mol. The second-order valence-corrected chi connectivity index (χ2v) is 11.4. The number of nitrogens with zero attached hydrogens (tertiary/aromatic N) is 3. The van der Waals surface area contributed by atoms with Gasteiger partial charge in [0.2, 0.25) is 23.6 Å². The normalized spacial score (nSPS) is 14.5. The number of ketones is 1. The Bertz CT molecular complexity index is 847. The summed E-state index contributed by atoms with van der Waals surface area (Å²) in [5.74, 6) is -2.36. The molecule has 226 valence electrons. The highest BCUT2D eigenvalue weighted by molar-refractivity contribution is 5.91. The summed E-state index contributed by atoms with van der Waals surface area (Å²) in [7, 11) is 0. The van der Waals surface area contributed by atoms with Crippen molar-refractivity contribution in [1.82, 2.24) is 20.5 Å². The van der Waals surface area contributed by atoms with Crippen molar-refractivity contribution < 1.29 is 39.6 Å². The number of hydrogen-bond donors (Lipinski definition) is 5. The molecule has 0 radical (unpaired) electrons. The van der Waals surface area contributed by atoms with E-state index in [1.807, 2.05) is 27.7 Å². The van der Waals surface area contributed by atoms with Crippen molar-refractivity contribution in [3.05, 3.63) is 0 Å². The predicted octanol–water partition coefficient (Wildman–Crippen LogP) is 1.86. The minimum Gasteiger partial charge on any atom is -0.345 e. The summed E-state index contributed by atoms with van der Waals surface area (Å²) in [6, 6.07) is -1.91. The van der Waals surface area contributed by atoms with E-state index in [9.17, 15) is 39.6 Å². The molecule has 0 aliphatic carbocycles. The van der Waals surface area contributed by atoms with E-state index in [0.717, 1.165) is 0 Å². The third kappa shape index (κ3) is 13.3. The highest BCUT2D eigenvalue weighted by atomic mass is 16.5. The second-order valence-electron chi connectivity index (χ2n) is 11.4. The van der Waals surface area contributed by atoms with Crippen LogP contribution in [0.4, 0.5) is 0 Å². The van der Waals surface area contributed by atoms with Crippen molar-refractivity contribution in [1.29, 1.82) is 0 Å². The highest BCUT2D eigenvalue weighted by Crippen LogP contribution is 2.45. The van der Waals surface area contributed by atoms with Crippen LogP contribution in [0.2, 0.25) is 0 Å². The maximum absolute atomic E-state index is 13.6. The molecule has 0 bridgehead atoms. The zero-order valence-electron chi connectivity index (χ0n) is 24.5. The van der Waals surface area contributed by atoms with Crippen LogP contribution in [0.1, 0.15) is 93.4 Å². The molecule has 0 aromatic rings. The number of carbonyl (C=O) groups excluding carboxylic acids is 5. The van der Waals surface area contributed by atoms with Crippen molar-refractivity contribution >= 4 is 29.4 Å². The molecular formula is C26H49N5O8. The fourth-order valence-electron chi connectivity index (χ4n) is 3.96. The first kappa shape index (κ1) is 36.4. The van der Waals surface area contributed by atoms with Crippen LogP contribution in [-0.4, -0.2) is 91.9 Å². The van der Waals surface area contributed by atoms with Gasteiger partial charge < -0.3 is 11.1 Å². The number of nitrogens with one attached hydrogen (secondary N) is 1. The number of carbonyl (C=O) groups is 5. The van der Waals surface area contributed by atoms with Crippen LogP contribution in [-0.2, 0) is 24.0 Å². The maximum atomic E-state index is 13.6. The lowest BCUT2D eigenvalue weighted by Gasteiger charge is -2.43. The van der Waals surface area contributed by atoms with Crippen LogP contribution < -0.4 is 11.1 Å². The second kappa shape index (κ2) is 16.5. The minimum atomic E-state index is -0.983. The standard InChI is InChI=1S/C26H49N5O8/c1-18(32)29(37)14-8-11-21(27)24(36)28-22(12-9-15-30(38)19(2)33)23(35)17-26(7,25(4,5)6)13-10-16-31(39)20(3)34/h21-22,37-39H,8-17,27H2,1-7H3,(H,28,36)/t21-,22-,26+/m0/s1. The van der Waals surface area contributed by atoms with E-state index in [0.29, 0.717) is 28.0 Å². The third-order valence-electron chi connectivity index (χ3n) is 7.35. The number of nitrogens with two attached hydrogens (primary N) is 1. The molecule has 3 atom stereocenters. The van der Waals surface area contributed by atoms with Crippen molar-refractivity contribution in [2.75, 3.05) is 19.6 Å². The molecule has 0 rings (SSSR count). The smallest absolute Gasteiger partial charge is 0.242 e. The van der Waals surface area contributed by atoms with Crippen LogP contribution in [0.5, 0.6) is 0 Å². The lowest BCUT2D eigenvalue weighted by Crippen LogP contribution is -2.50. The molecule has 0 aliphatic rings. The van der Waals surface area contributed by atoms with Crippen molar-refractivity contribution in [3.63, 3.8) is 0 Å². The Hall–Kier alpha value is -2.61. The van der Waals surface area contributed by atoms with E-state index in [1.165, 1.54) is 20.8 Å². The summed E-state index contributed by atoms with van der Waals surface area (Å²) < 4.78 is 0. The number of hydroxylamine groups is 6. The summed E-state index contributed by atoms with van der Waals surface area (Å²) in [6.45, 7) is 11.7. The maximum Gasteiger partial charge on any atom is 0.242 e. The Morgan fingerprint density at radius 2 is 1.15 bits per heavy atom. The number of Topliss-reactive ketones (excluding diaryl/α,β-unsaturated/α-hetero) is 1. The molecule has 0 aromatic carbocycles. The molecule has 0 aliphatic heterocycles. The molecule has 0 spiro atoms. The topological polar surface area (TPSA) is 194 Å². The number of hydrogen-bond acceptors (Lipinski definition) is 9. The van der Waals surface area contributed by atoms with Gasteiger partial charge in [-0.15, -0.1) is 0 Å². The van der Waals surface area contributed by atoms with E-state index in [-0.39, 0.29) is 62.9 Å². The van der Waals surface area contributed by atoms with E-state index >= 15 is 0 Å². The first-order valence-corrected chi connectivity index (χ1v) is 13.3. The van der Waals surface area contributed by atoms with Crippen LogP contribution >= 0.6 is 0 Å². The summed E-state index contributed by atoms with van der Waals surface area (Å²) in [5, 5.41) is 33.3. The number of amides is 4. The molecule has 0 saturated heterocycles. The van der Waals surface area contributed by atoms with E-state index in [1.54, 1.807) is 0 Å². The van der Waals surface area contributed by atoms with E-state index < -0.39 is 41.1 Å². The average Bonchev–Trinajstić information content (AvgIpc) is 2.81. The summed E-state index contributed by atoms with van der Waals surface area (Å²) in [4.78, 5) is 60.2. The summed E-state index contributed by atoms with van der Waals surface area (Å²) >= 11 is 0. The van der Waals surface area contributed by atoms with Gasteiger partial charge in [0.05, 0.1) is 12.1 Å². The minimum absolute atomic E-state index is 0.00882. The van der Waals surface area contributed by atoms with Gasteiger partial charge in [-0.25, -0.2) is 15.2 Å². The summed E-state index contributed by atoms with van der Waals surface area (Å²) in [5.41, 5.74) is 5.11. The van der Waals surface area contributed by atoms with Gasteiger partial charge in [0.25, 0.3) is 0 Å². The fraction of sp³-hybridized carbons (Fsp3) is 0.808. The molecule has 0 fully saturated rings. The lowest BCUT2D eigenvalue weighted by atomic mass is 9.62. The van der Waals surface area contributed by atoms with E-state index in [2.05, 4.69) is 5.32 Å². The Kier molecular flexibility index (Phi) is 15.4. The molecule has 13 heteroatoms. The van der Waals surface area contributed by atoms with Gasteiger partial charge in [0, 0.05) is 46.8 Å². The van der Waals surface area contributed by atoms with Gasteiger partial charge in [-0.2, -0.15) is 0 Å². The van der Waals surface area contributed by atoms with Crippen molar-refractivity contribution in [2.45, 2.75) is 105 Å². The molecule has 39 heavy (non-hydrogen) atoms. The van der Waals surface area contributed by atoms with Gasteiger partial charge >= 0.3 is 0 Å². The van der Waals surface area contributed by atoms with Crippen LogP contribution in [0.25, 0.3) is 0 Å². The van der Waals surface area contributed by atoms with Crippen molar-refractivity contribution in [3.8, 4) is 0 Å². The molecule has 0 aromatic heterocycles. The summed E-state index contributed by atoms with van der Waals surface area (Å²) in [6.07, 6.45) is 1.91. The van der Waals surface area contributed by atoms with E-state index in [4.69, 9.17) is 5.73 Å². The van der Waals surface area contributed by atoms with Gasteiger partial charge in [0.1, 0.15) is 0 Å². The molecular weight excluding hydrogens is 510 g/mol. The first-order chi connectivity index (χ1) is 17.8. The van der Waals surface area contributed by atoms with Gasteiger partial charge in [-0.3, -0.25) is 39.6 Å². The molecule has 6 N–H and O–H groups in total. The SMILES string of the molecule is CC(=O)N(O)CCC[C@H](NC(=O)[C@@H](N)CCCN(O)C(C)=O)C(=O)C[C@@](C)(CCCN(O)C(C)=O)C(C)(C)C. The Morgan fingerprint density at radius 3 is 1.56 bits per heavy atom. The zero-order valence-corrected chi connectivity index (χ0v) is 24.5. The first-order valence-electron chi connectivity index (χ1n) is 13.3. The van der Waals surface area contributed by atoms with Gasteiger partial charge in [-0.05, 0) is 49.4 Å². The average molecular weight is 560 g/mol. The van der Waals surface area contributed by atoms with Crippen LogP contribution in [0, 0.1) is 10.8 Å². The fourth-order valence-corrected chi connectivity index (χ4v) is 3.96. The molecule has 0 saturated carbocycles. The molecule has 0 unspecified atom stereocenters. The zero-order chi connectivity index (χ0) is 30.6. The van der Waals surface area contributed by atoms with Gasteiger partial charge in [-0.1, -0.05) is 27.7 Å². The monoisotopic (exact) mass is 559 g/mol. The van der Waals surface area contributed by atoms with Crippen LogP contribution in [0.15, 0.2) is 0 Å². The number of rotatable bonds is 17. The quantitative estimate of drug-likeness (QED) is 0.131. The highest BCUT2D eigenvalue weighted by Gasteiger charge is 2.40. The van der Waals surface area contributed by atoms with Gasteiger partial charge in [0.15, 0.2) is 5.78 Å². The lowest BCUT2D eigenvalue weighted by molar-refractivity contribution is -0.163. The largest absolute Gasteiger partial charge is 0.345 e. The Morgan fingerprint density at radius 1 is 0.744 bits per heavy atom. The Balaban J connectivity index is 5.55. The third-order valence-corrected chi connectivity index (χ3v) is 7.35. The van der Waals surface area contributed by atoms with Crippen molar-refractivity contribution in [2.24, 2.45) is 16.6 Å². The van der Waals surface area contributed by atoms with Crippen LogP contribution in [0.3, 0.4) is 0 Å². The molecule has 13 nitrogen and oxygen atoms in total.